The first-order valence-corrected chi connectivity index (χ1v) is 4.19. The molecule has 0 aromatic heterocycles. The third-order valence-corrected chi connectivity index (χ3v) is 1.19. The van der Waals surface area contributed by atoms with Crippen molar-refractivity contribution in [2.24, 2.45) is 5.84 Å². The summed E-state index contributed by atoms with van der Waals surface area (Å²) in [5, 5.41) is 9.09. The smallest absolute Gasteiger partial charge is 0.424 e. The molecule has 6 nitrogen and oxygen atoms in total. The Morgan fingerprint density at radius 3 is 2.29 bits per heavy atom. The average molecular weight is 204 g/mol. The van der Waals surface area contributed by atoms with E-state index in [1.165, 1.54) is 0 Å². The number of hydrazine groups is 1. The fourth-order valence-electron chi connectivity index (χ4n) is 0.628. The van der Waals surface area contributed by atoms with E-state index in [0.717, 1.165) is 5.01 Å². The SMILES string of the molecule is CC(C)(C)OC(=O)N(N)CCC(=O)O. The van der Waals surface area contributed by atoms with Gasteiger partial charge >= 0.3 is 12.1 Å². The van der Waals surface area contributed by atoms with Crippen molar-refractivity contribution in [2.45, 2.75) is 32.8 Å². The summed E-state index contributed by atoms with van der Waals surface area (Å²) in [6, 6.07) is 0. The molecule has 0 rings (SSSR count). The molecule has 0 radical (unpaired) electrons. The van der Waals surface area contributed by atoms with E-state index in [4.69, 9.17) is 15.7 Å². The van der Waals surface area contributed by atoms with Crippen LogP contribution in [0.3, 0.4) is 0 Å². The molecule has 0 saturated heterocycles. The van der Waals surface area contributed by atoms with Gasteiger partial charge in [-0.3, -0.25) is 4.79 Å². The number of nitrogens with two attached hydrogens (primary N) is 1. The van der Waals surface area contributed by atoms with Crippen molar-refractivity contribution >= 4 is 12.1 Å². The zero-order valence-corrected chi connectivity index (χ0v) is 8.61. The van der Waals surface area contributed by atoms with Crippen molar-refractivity contribution in [1.82, 2.24) is 5.01 Å². The van der Waals surface area contributed by atoms with Crippen LogP contribution in [0, 0.1) is 0 Å². The molecule has 0 aromatic carbocycles. The quantitative estimate of drug-likeness (QED) is 0.398. The monoisotopic (exact) mass is 204 g/mol. The van der Waals surface area contributed by atoms with E-state index in [9.17, 15) is 9.59 Å². The molecule has 0 aliphatic rings. The summed E-state index contributed by atoms with van der Waals surface area (Å²) >= 11 is 0. The van der Waals surface area contributed by atoms with Gasteiger partial charge in [-0.1, -0.05) is 0 Å². The Kier molecular flexibility index (Phi) is 4.36. The lowest BCUT2D eigenvalue weighted by atomic mass is 10.2. The van der Waals surface area contributed by atoms with Crippen molar-refractivity contribution in [1.29, 1.82) is 0 Å². The van der Waals surface area contributed by atoms with E-state index in [0.29, 0.717) is 0 Å². The summed E-state index contributed by atoms with van der Waals surface area (Å²) in [6.45, 7) is 5.05. The number of carbonyl (C=O) groups excluding carboxylic acids is 1. The number of carboxylic acids is 1. The maximum atomic E-state index is 11.2. The van der Waals surface area contributed by atoms with Gasteiger partial charge in [-0.05, 0) is 20.8 Å². The van der Waals surface area contributed by atoms with E-state index in [-0.39, 0.29) is 13.0 Å². The van der Waals surface area contributed by atoms with E-state index in [1.54, 1.807) is 20.8 Å². The number of carbonyl (C=O) groups is 2. The highest BCUT2D eigenvalue weighted by Gasteiger charge is 2.20. The summed E-state index contributed by atoms with van der Waals surface area (Å²) < 4.78 is 4.90. The minimum absolute atomic E-state index is 0.0652. The molecular formula is C8H16N2O4. The van der Waals surface area contributed by atoms with E-state index in [1.807, 2.05) is 0 Å². The molecule has 0 saturated carbocycles. The second-order valence-electron chi connectivity index (χ2n) is 3.82. The highest BCUT2D eigenvalue weighted by Crippen LogP contribution is 2.08. The van der Waals surface area contributed by atoms with E-state index < -0.39 is 17.7 Å². The van der Waals surface area contributed by atoms with E-state index in [2.05, 4.69) is 0 Å². The van der Waals surface area contributed by atoms with Crippen LogP contribution < -0.4 is 5.84 Å². The average Bonchev–Trinajstić information content (AvgIpc) is 1.96. The molecule has 0 aliphatic heterocycles. The van der Waals surface area contributed by atoms with Gasteiger partial charge < -0.3 is 9.84 Å². The van der Waals surface area contributed by atoms with E-state index >= 15 is 0 Å². The van der Waals surface area contributed by atoms with Gasteiger partial charge in [0.25, 0.3) is 0 Å². The van der Waals surface area contributed by atoms with Crippen molar-refractivity contribution in [2.75, 3.05) is 6.54 Å². The highest BCUT2D eigenvalue weighted by molar-refractivity contribution is 5.70. The van der Waals surface area contributed by atoms with Crippen LogP contribution in [0.4, 0.5) is 4.79 Å². The van der Waals surface area contributed by atoms with Gasteiger partial charge in [0, 0.05) is 0 Å². The largest absolute Gasteiger partial charge is 0.481 e. The molecule has 6 heteroatoms. The van der Waals surface area contributed by atoms with Crippen LogP contribution in [0.2, 0.25) is 0 Å². The van der Waals surface area contributed by atoms with Gasteiger partial charge in [-0.15, -0.1) is 0 Å². The van der Waals surface area contributed by atoms with Gasteiger partial charge in [-0.25, -0.2) is 15.6 Å². The molecule has 3 N–H and O–H groups in total. The molecule has 0 bridgehead atoms. The molecular weight excluding hydrogens is 188 g/mol. The fraction of sp³-hybridized carbons (Fsp3) is 0.750. The van der Waals surface area contributed by atoms with Crippen molar-refractivity contribution < 1.29 is 19.4 Å². The lowest BCUT2D eigenvalue weighted by Gasteiger charge is -2.23. The summed E-state index contributed by atoms with van der Waals surface area (Å²) in [6.07, 6.45) is -0.922. The van der Waals surface area contributed by atoms with Crippen LogP contribution in [0.1, 0.15) is 27.2 Å². The van der Waals surface area contributed by atoms with Crippen LogP contribution >= 0.6 is 0 Å². The summed E-state index contributed by atoms with van der Waals surface area (Å²) in [7, 11) is 0. The zero-order valence-electron chi connectivity index (χ0n) is 8.61. The third kappa shape index (κ3) is 6.24. The number of nitrogens with zero attached hydrogens (tertiary/aromatic N) is 1. The predicted molar refractivity (Wildman–Crippen MR) is 49.4 cm³/mol. The Labute approximate surface area is 82.6 Å². The van der Waals surface area contributed by atoms with Gasteiger partial charge in [0.1, 0.15) is 5.60 Å². The third-order valence-electron chi connectivity index (χ3n) is 1.19. The second kappa shape index (κ2) is 4.80. The fourth-order valence-corrected chi connectivity index (χ4v) is 0.628. The number of carboxylic acid groups (broad SMARTS) is 1. The summed E-state index contributed by atoms with van der Waals surface area (Å²) in [4.78, 5) is 21.3. The molecule has 14 heavy (non-hydrogen) atoms. The number of ether oxygens (including phenoxy) is 1. The van der Waals surface area contributed by atoms with Crippen LogP contribution in [0.25, 0.3) is 0 Å². The first-order chi connectivity index (χ1) is 6.22. The molecule has 0 fully saturated rings. The molecule has 82 valence electrons. The lowest BCUT2D eigenvalue weighted by Crippen LogP contribution is -2.42. The Morgan fingerprint density at radius 1 is 1.43 bits per heavy atom. The molecule has 0 aromatic rings. The second-order valence-corrected chi connectivity index (χ2v) is 3.82. The van der Waals surface area contributed by atoms with Crippen molar-refractivity contribution in [3.63, 3.8) is 0 Å². The molecule has 0 spiro atoms. The van der Waals surface area contributed by atoms with Gasteiger partial charge in [-0.2, -0.15) is 0 Å². The first-order valence-electron chi connectivity index (χ1n) is 4.19. The first kappa shape index (κ1) is 12.7. The highest BCUT2D eigenvalue weighted by atomic mass is 16.6. The Bertz CT molecular complexity index is 222. The Hall–Kier alpha value is -1.30. The number of hydrogen-bond acceptors (Lipinski definition) is 4. The minimum atomic E-state index is -1.01. The topological polar surface area (TPSA) is 92.9 Å². The van der Waals surface area contributed by atoms with Crippen LogP contribution in [0.15, 0.2) is 0 Å². The Morgan fingerprint density at radius 2 is 1.93 bits per heavy atom. The van der Waals surface area contributed by atoms with Crippen molar-refractivity contribution in [3.05, 3.63) is 0 Å². The summed E-state index contributed by atoms with van der Waals surface area (Å²) in [5.41, 5.74) is -0.627. The Balaban J connectivity index is 3.94. The number of amides is 1. The zero-order chi connectivity index (χ0) is 11.4. The normalized spacial score (nSPS) is 10.9. The standard InChI is InChI=1S/C8H16N2O4/c1-8(2,3)14-7(13)10(9)5-4-6(11)12/h4-5,9H2,1-3H3,(H,11,12). The lowest BCUT2D eigenvalue weighted by molar-refractivity contribution is -0.137. The maximum absolute atomic E-state index is 11.2. The molecule has 0 atom stereocenters. The molecule has 0 heterocycles. The summed E-state index contributed by atoms with van der Waals surface area (Å²) in [5.74, 6) is 4.26. The van der Waals surface area contributed by atoms with Gasteiger partial charge in [0.15, 0.2) is 0 Å². The van der Waals surface area contributed by atoms with Crippen LogP contribution in [-0.2, 0) is 9.53 Å². The molecule has 1 amide bonds. The number of hydrogen-bond donors (Lipinski definition) is 2. The molecule has 0 aliphatic carbocycles. The van der Waals surface area contributed by atoms with Crippen LogP contribution in [-0.4, -0.2) is 34.3 Å². The minimum Gasteiger partial charge on any atom is -0.481 e. The van der Waals surface area contributed by atoms with Gasteiger partial charge in [0.05, 0.1) is 13.0 Å². The number of rotatable bonds is 3. The molecule has 0 unspecified atom stereocenters. The maximum Gasteiger partial charge on any atom is 0.424 e. The predicted octanol–water partition coefficient (Wildman–Crippen LogP) is 0.572. The van der Waals surface area contributed by atoms with Crippen molar-refractivity contribution in [3.8, 4) is 0 Å². The van der Waals surface area contributed by atoms with Gasteiger partial charge in [0.2, 0.25) is 0 Å². The van der Waals surface area contributed by atoms with Crippen LogP contribution in [0.5, 0.6) is 0 Å². The number of aliphatic carboxylic acids is 1.